The molecule has 2 aliphatic heterocycles. The summed E-state index contributed by atoms with van der Waals surface area (Å²) < 4.78 is 5.06. The third kappa shape index (κ3) is 2.74. The molecule has 0 amide bonds. The molecule has 4 heteroatoms. The lowest BCUT2D eigenvalue weighted by Gasteiger charge is -2.28. The van der Waals surface area contributed by atoms with Crippen molar-refractivity contribution >= 4 is 5.97 Å². The van der Waals surface area contributed by atoms with Gasteiger partial charge in [-0.15, -0.1) is 0 Å². The molecule has 2 heterocycles. The highest BCUT2D eigenvalue weighted by Crippen LogP contribution is 2.17. The molecule has 0 aromatic rings. The molecule has 2 unspecified atom stereocenters. The summed E-state index contributed by atoms with van der Waals surface area (Å²) in [5.74, 6) is -0.0218. The van der Waals surface area contributed by atoms with Crippen LogP contribution in [-0.2, 0) is 9.53 Å². The molecule has 2 fully saturated rings. The predicted octanol–water partition coefficient (Wildman–Crippen LogP) is 0.766. The van der Waals surface area contributed by atoms with E-state index in [1.807, 2.05) is 0 Å². The fourth-order valence-electron chi connectivity index (χ4n) is 2.67. The van der Waals surface area contributed by atoms with Gasteiger partial charge >= 0.3 is 5.97 Å². The number of esters is 1. The van der Waals surface area contributed by atoms with Gasteiger partial charge in [-0.3, -0.25) is 9.69 Å². The van der Waals surface area contributed by atoms with Crippen LogP contribution < -0.4 is 5.32 Å². The molecule has 2 rings (SSSR count). The number of nitrogens with one attached hydrogen (secondary N) is 1. The van der Waals surface area contributed by atoms with Gasteiger partial charge in [-0.05, 0) is 32.4 Å². The highest BCUT2D eigenvalue weighted by molar-refractivity contribution is 5.77. The molecule has 0 bridgehead atoms. The van der Waals surface area contributed by atoms with Crippen molar-refractivity contribution in [3.8, 4) is 0 Å². The molecule has 0 spiro atoms. The van der Waals surface area contributed by atoms with Crippen LogP contribution in [0.4, 0.5) is 0 Å². The lowest BCUT2D eigenvalue weighted by atomic mass is 10.1. The molecule has 0 aromatic heterocycles. The Bertz CT molecular complexity index is 239. The van der Waals surface area contributed by atoms with Crippen LogP contribution >= 0.6 is 0 Å². The van der Waals surface area contributed by atoms with Crippen LogP contribution in [0.1, 0.15) is 32.6 Å². The summed E-state index contributed by atoms with van der Waals surface area (Å²) >= 11 is 0. The maximum atomic E-state index is 11.6. The molecule has 0 aliphatic carbocycles. The molecule has 16 heavy (non-hydrogen) atoms. The monoisotopic (exact) mass is 226 g/mol. The molecular weight excluding hydrogens is 204 g/mol. The lowest BCUT2D eigenvalue weighted by molar-refractivity contribution is -0.142. The first-order chi connectivity index (χ1) is 7.81. The molecule has 2 aliphatic rings. The Kier molecular flexibility index (Phi) is 4.18. The standard InChI is InChI=1S/C12H22N2O2/c1-2-7-14(9-10-4-3-6-13-10)11-5-8-16-12(11)15/h10-11,13H,2-9H2,1H3. The average molecular weight is 226 g/mol. The van der Waals surface area contributed by atoms with E-state index >= 15 is 0 Å². The number of cyclic esters (lactones) is 1. The SMILES string of the molecule is CCCN(CC1CCCN1)C1CCOC1=O. The van der Waals surface area contributed by atoms with Gasteiger partial charge in [-0.1, -0.05) is 6.92 Å². The molecule has 0 saturated carbocycles. The van der Waals surface area contributed by atoms with E-state index in [1.165, 1.54) is 12.8 Å². The molecule has 2 atom stereocenters. The minimum absolute atomic E-state index is 0.0161. The van der Waals surface area contributed by atoms with Gasteiger partial charge in [0, 0.05) is 19.0 Å². The quantitative estimate of drug-likeness (QED) is 0.703. The van der Waals surface area contributed by atoms with E-state index in [9.17, 15) is 4.79 Å². The minimum atomic E-state index is -0.0218. The zero-order chi connectivity index (χ0) is 11.4. The maximum absolute atomic E-state index is 11.6. The number of hydrogen-bond donors (Lipinski definition) is 1. The Balaban J connectivity index is 1.90. The van der Waals surface area contributed by atoms with E-state index in [2.05, 4.69) is 17.1 Å². The molecule has 4 nitrogen and oxygen atoms in total. The smallest absolute Gasteiger partial charge is 0.323 e. The number of hydrogen-bond acceptors (Lipinski definition) is 4. The Hall–Kier alpha value is -0.610. The summed E-state index contributed by atoms with van der Waals surface area (Å²) in [6.07, 6.45) is 4.46. The molecule has 2 saturated heterocycles. The number of carbonyl (C=O) groups is 1. The summed E-state index contributed by atoms with van der Waals surface area (Å²) in [5.41, 5.74) is 0. The van der Waals surface area contributed by atoms with E-state index in [1.54, 1.807) is 0 Å². The van der Waals surface area contributed by atoms with E-state index in [0.29, 0.717) is 12.6 Å². The fourth-order valence-corrected chi connectivity index (χ4v) is 2.67. The Morgan fingerprint density at radius 1 is 1.50 bits per heavy atom. The summed E-state index contributed by atoms with van der Waals surface area (Å²) in [6, 6.07) is 0.585. The number of ether oxygens (including phenoxy) is 1. The van der Waals surface area contributed by atoms with Gasteiger partial charge in [0.2, 0.25) is 0 Å². The molecular formula is C12H22N2O2. The predicted molar refractivity (Wildman–Crippen MR) is 62.3 cm³/mol. The average Bonchev–Trinajstić information content (AvgIpc) is 2.88. The van der Waals surface area contributed by atoms with Gasteiger partial charge in [0.15, 0.2) is 0 Å². The fraction of sp³-hybridized carbons (Fsp3) is 0.917. The molecule has 1 N–H and O–H groups in total. The number of nitrogens with zero attached hydrogens (tertiary/aromatic N) is 1. The lowest BCUT2D eigenvalue weighted by Crippen LogP contribution is -2.45. The van der Waals surface area contributed by atoms with E-state index < -0.39 is 0 Å². The van der Waals surface area contributed by atoms with Gasteiger partial charge in [0.1, 0.15) is 6.04 Å². The molecule has 92 valence electrons. The first-order valence-electron chi connectivity index (χ1n) is 6.45. The van der Waals surface area contributed by atoms with Gasteiger partial charge in [0.05, 0.1) is 6.61 Å². The Morgan fingerprint density at radius 2 is 2.38 bits per heavy atom. The second-order valence-electron chi connectivity index (χ2n) is 4.76. The molecule has 0 aromatic carbocycles. The van der Waals surface area contributed by atoms with Gasteiger partial charge in [-0.25, -0.2) is 0 Å². The first-order valence-corrected chi connectivity index (χ1v) is 6.45. The zero-order valence-electron chi connectivity index (χ0n) is 10.1. The van der Waals surface area contributed by atoms with E-state index in [4.69, 9.17) is 4.74 Å². The Morgan fingerprint density at radius 3 is 2.94 bits per heavy atom. The summed E-state index contributed by atoms with van der Waals surface area (Å²) in [7, 11) is 0. The van der Waals surface area contributed by atoms with Gasteiger partial charge < -0.3 is 10.1 Å². The van der Waals surface area contributed by atoms with Crippen molar-refractivity contribution in [2.45, 2.75) is 44.7 Å². The largest absolute Gasteiger partial charge is 0.464 e. The molecule has 0 radical (unpaired) electrons. The van der Waals surface area contributed by atoms with Crippen molar-refractivity contribution in [1.82, 2.24) is 10.2 Å². The van der Waals surface area contributed by atoms with Crippen molar-refractivity contribution in [3.63, 3.8) is 0 Å². The van der Waals surface area contributed by atoms with Crippen molar-refractivity contribution in [2.24, 2.45) is 0 Å². The summed E-state index contributed by atoms with van der Waals surface area (Å²) in [6.45, 7) is 5.88. The third-order valence-corrected chi connectivity index (χ3v) is 3.48. The Labute approximate surface area is 97.3 Å². The topological polar surface area (TPSA) is 41.6 Å². The second kappa shape index (κ2) is 5.64. The van der Waals surface area contributed by atoms with Crippen molar-refractivity contribution < 1.29 is 9.53 Å². The highest BCUT2D eigenvalue weighted by Gasteiger charge is 2.33. The van der Waals surface area contributed by atoms with Crippen LogP contribution in [0.15, 0.2) is 0 Å². The first kappa shape index (κ1) is 11.9. The van der Waals surface area contributed by atoms with Gasteiger partial charge in [0.25, 0.3) is 0 Å². The number of carbonyl (C=O) groups excluding carboxylic acids is 1. The van der Waals surface area contributed by atoms with Gasteiger partial charge in [-0.2, -0.15) is 0 Å². The number of rotatable bonds is 5. The second-order valence-corrected chi connectivity index (χ2v) is 4.76. The third-order valence-electron chi connectivity index (χ3n) is 3.48. The summed E-state index contributed by atoms with van der Waals surface area (Å²) in [5, 5.41) is 3.49. The van der Waals surface area contributed by atoms with Crippen LogP contribution in [0.3, 0.4) is 0 Å². The van der Waals surface area contributed by atoms with E-state index in [0.717, 1.165) is 32.5 Å². The minimum Gasteiger partial charge on any atom is -0.464 e. The van der Waals surface area contributed by atoms with Crippen molar-refractivity contribution in [1.29, 1.82) is 0 Å². The van der Waals surface area contributed by atoms with Crippen LogP contribution in [0.5, 0.6) is 0 Å². The van der Waals surface area contributed by atoms with Crippen LogP contribution in [-0.4, -0.2) is 49.2 Å². The van der Waals surface area contributed by atoms with Crippen molar-refractivity contribution in [3.05, 3.63) is 0 Å². The maximum Gasteiger partial charge on any atom is 0.323 e. The van der Waals surface area contributed by atoms with Crippen LogP contribution in [0.2, 0.25) is 0 Å². The van der Waals surface area contributed by atoms with Crippen molar-refractivity contribution in [2.75, 3.05) is 26.2 Å². The van der Waals surface area contributed by atoms with Crippen LogP contribution in [0, 0.1) is 0 Å². The summed E-state index contributed by atoms with van der Waals surface area (Å²) in [4.78, 5) is 13.9. The van der Waals surface area contributed by atoms with E-state index in [-0.39, 0.29) is 12.0 Å². The normalized spacial score (nSPS) is 30.0. The van der Waals surface area contributed by atoms with Crippen LogP contribution in [0.25, 0.3) is 0 Å². The highest BCUT2D eigenvalue weighted by atomic mass is 16.5. The zero-order valence-corrected chi connectivity index (χ0v) is 10.1.